The highest BCUT2D eigenvalue weighted by Gasteiger charge is 2.34. The van der Waals surface area contributed by atoms with Gasteiger partial charge < -0.3 is 5.73 Å². The number of hydrogen-bond acceptors (Lipinski definition) is 2. The molecule has 0 bridgehead atoms. The lowest BCUT2D eigenvalue weighted by Crippen LogP contribution is -2.21. The molecule has 0 aromatic heterocycles. The van der Waals surface area contributed by atoms with E-state index in [2.05, 4.69) is 0 Å². The number of benzene rings is 1. The lowest BCUT2D eigenvalue weighted by Gasteiger charge is -2.18. The van der Waals surface area contributed by atoms with Gasteiger partial charge in [0.25, 0.3) is 0 Å². The van der Waals surface area contributed by atoms with Crippen LogP contribution >= 0.6 is 11.8 Å². The molecule has 102 valence electrons. The predicted octanol–water partition coefficient (Wildman–Crippen LogP) is 4.25. The van der Waals surface area contributed by atoms with Crippen LogP contribution < -0.4 is 5.73 Å². The van der Waals surface area contributed by atoms with Crippen molar-refractivity contribution in [2.45, 2.75) is 29.0 Å². The zero-order chi connectivity index (χ0) is 14.0. The number of thioether (sulfide) groups is 1. The maximum atomic E-state index is 12.2. The fourth-order valence-corrected chi connectivity index (χ4v) is 2.10. The van der Waals surface area contributed by atoms with E-state index >= 15 is 0 Å². The Bertz CT molecular complexity index is 400. The van der Waals surface area contributed by atoms with E-state index in [1.54, 1.807) is 0 Å². The molecular weight excluding hydrogens is 280 g/mol. The molecule has 1 nitrogen and oxygen atoms in total. The summed E-state index contributed by atoms with van der Waals surface area (Å²) in [6.07, 6.45) is -5.88. The predicted molar refractivity (Wildman–Crippen MR) is 56.0 cm³/mol. The first kappa shape index (κ1) is 15.2. The molecule has 0 fully saturated rings. The maximum absolute atomic E-state index is 12.2. The first-order valence-corrected chi connectivity index (χ1v) is 5.57. The number of hydrogen-bond donors (Lipinski definition) is 1. The molecule has 18 heavy (non-hydrogen) atoms. The molecule has 0 aliphatic heterocycles. The molecule has 1 rings (SSSR count). The lowest BCUT2D eigenvalue weighted by atomic mass is 10.0. The fraction of sp³-hybridized carbons (Fsp3) is 0.400. The van der Waals surface area contributed by atoms with Crippen LogP contribution in [0.15, 0.2) is 29.2 Å². The van der Waals surface area contributed by atoms with E-state index in [-0.39, 0.29) is 10.5 Å². The van der Waals surface area contributed by atoms with Crippen LogP contribution in [-0.2, 0) is 0 Å². The van der Waals surface area contributed by atoms with Gasteiger partial charge in [-0.1, -0.05) is 18.2 Å². The summed E-state index contributed by atoms with van der Waals surface area (Å²) in [5.41, 5.74) is 0.583. The number of alkyl halides is 6. The van der Waals surface area contributed by atoms with Crippen LogP contribution in [0.1, 0.15) is 18.0 Å². The molecule has 0 spiro atoms. The molecule has 0 aliphatic carbocycles. The summed E-state index contributed by atoms with van der Waals surface area (Å²) in [4.78, 5) is -0.304. The average Bonchev–Trinajstić information content (AvgIpc) is 2.12. The van der Waals surface area contributed by atoms with Crippen molar-refractivity contribution in [3.63, 3.8) is 0 Å². The Labute approximate surface area is 103 Å². The lowest BCUT2D eigenvalue weighted by molar-refractivity contribution is -0.138. The molecule has 0 aliphatic rings. The summed E-state index contributed by atoms with van der Waals surface area (Å²) in [7, 11) is 0. The van der Waals surface area contributed by atoms with Crippen LogP contribution in [0.5, 0.6) is 0 Å². The highest BCUT2D eigenvalue weighted by molar-refractivity contribution is 8.00. The van der Waals surface area contributed by atoms with Gasteiger partial charge in [-0.15, -0.1) is 0 Å². The van der Waals surface area contributed by atoms with Crippen LogP contribution in [0.3, 0.4) is 0 Å². The molecule has 1 aromatic carbocycles. The van der Waals surface area contributed by atoms with Crippen molar-refractivity contribution in [2.24, 2.45) is 5.73 Å². The Balaban J connectivity index is 2.95. The molecule has 8 heteroatoms. The number of halogens is 6. The molecular formula is C10H9F6NS. The second kappa shape index (κ2) is 5.40. The summed E-state index contributed by atoms with van der Waals surface area (Å²) < 4.78 is 73.1. The van der Waals surface area contributed by atoms with Crippen molar-refractivity contribution >= 4 is 11.8 Å². The molecule has 0 unspecified atom stereocenters. The van der Waals surface area contributed by atoms with Gasteiger partial charge >= 0.3 is 11.7 Å². The van der Waals surface area contributed by atoms with Gasteiger partial charge in [-0.25, -0.2) is 0 Å². The molecule has 0 heterocycles. The zero-order valence-electron chi connectivity index (χ0n) is 8.85. The Kier molecular flexibility index (Phi) is 4.55. The minimum atomic E-state index is -4.56. The Morgan fingerprint density at radius 1 is 1.06 bits per heavy atom. The van der Waals surface area contributed by atoms with E-state index in [4.69, 9.17) is 5.73 Å². The van der Waals surface area contributed by atoms with E-state index in [0.717, 1.165) is 6.07 Å². The first-order chi connectivity index (χ1) is 8.08. The summed E-state index contributed by atoms with van der Waals surface area (Å²) in [5, 5.41) is 0. The molecule has 2 N–H and O–H groups in total. The third kappa shape index (κ3) is 5.18. The minimum Gasteiger partial charge on any atom is -0.324 e. The Morgan fingerprint density at radius 2 is 1.61 bits per heavy atom. The molecule has 0 radical (unpaired) electrons. The van der Waals surface area contributed by atoms with Crippen LogP contribution in [0, 0.1) is 0 Å². The Morgan fingerprint density at radius 3 is 2.11 bits per heavy atom. The van der Waals surface area contributed by atoms with E-state index in [9.17, 15) is 26.3 Å². The topological polar surface area (TPSA) is 26.0 Å². The van der Waals surface area contributed by atoms with E-state index in [1.165, 1.54) is 18.2 Å². The second-order valence-electron chi connectivity index (χ2n) is 3.51. The first-order valence-electron chi connectivity index (χ1n) is 4.75. The van der Waals surface area contributed by atoms with Gasteiger partial charge in [-0.2, -0.15) is 26.3 Å². The highest BCUT2D eigenvalue weighted by Crippen LogP contribution is 2.41. The van der Waals surface area contributed by atoms with Crippen molar-refractivity contribution in [1.82, 2.24) is 0 Å². The molecule has 1 atom stereocenters. The SMILES string of the molecule is N[C@@H](CC(F)(F)F)c1ccccc1SC(F)(F)F. The van der Waals surface area contributed by atoms with E-state index in [1.807, 2.05) is 0 Å². The summed E-state index contributed by atoms with van der Waals surface area (Å²) >= 11 is -0.466. The second-order valence-corrected chi connectivity index (χ2v) is 4.62. The van der Waals surface area contributed by atoms with Gasteiger partial charge in [-0.05, 0) is 23.4 Å². The van der Waals surface area contributed by atoms with Gasteiger partial charge in [0.05, 0.1) is 6.42 Å². The standard InChI is InChI=1S/C10H9F6NS/c11-9(12,13)5-7(17)6-3-1-2-4-8(6)18-10(14,15)16/h1-4,7H,5,17H2/t7-/m0/s1. The van der Waals surface area contributed by atoms with Crippen molar-refractivity contribution < 1.29 is 26.3 Å². The van der Waals surface area contributed by atoms with Gasteiger partial charge in [-0.3, -0.25) is 0 Å². The summed E-state index contributed by atoms with van der Waals surface area (Å²) in [5.74, 6) is 0. The van der Waals surface area contributed by atoms with Gasteiger partial charge in [0.2, 0.25) is 0 Å². The largest absolute Gasteiger partial charge is 0.446 e. The molecule has 1 aromatic rings. The summed E-state index contributed by atoms with van der Waals surface area (Å²) in [6.45, 7) is 0. The van der Waals surface area contributed by atoms with Crippen molar-refractivity contribution in [3.8, 4) is 0 Å². The van der Waals surface area contributed by atoms with Crippen molar-refractivity contribution in [3.05, 3.63) is 29.8 Å². The average molecular weight is 289 g/mol. The van der Waals surface area contributed by atoms with Crippen molar-refractivity contribution in [2.75, 3.05) is 0 Å². The van der Waals surface area contributed by atoms with Gasteiger partial charge in [0, 0.05) is 10.9 Å². The number of rotatable bonds is 3. The molecule has 0 saturated heterocycles. The molecule has 0 saturated carbocycles. The Hall–Kier alpha value is -0.890. The van der Waals surface area contributed by atoms with Crippen molar-refractivity contribution in [1.29, 1.82) is 0 Å². The van der Waals surface area contributed by atoms with Crippen LogP contribution in [0.4, 0.5) is 26.3 Å². The van der Waals surface area contributed by atoms with Gasteiger partial charge in [0.15, 0.2) is 0 Å². The third-order valence-electron chi connectivity index (χ3n) is 2.00. The van der Waals surface area contributed by atoms with Gasteiger partial charge in [0.1, 0.15) is 0 Å². The van der Waals surface area contributed by atoms with Crippen LogP contribution in [-0.4, -0.2) is 11.7 Å². The quantitative estimate of drug-likeness (QED) is 0.665. The van der Waals surface area contributed by atoms with E-state index < -0.39 is 35.9 Å². The van der Waals surface area contributed by atoms with Crippen LogP contribution in [0.25, 0.3) is 0 Å². The third-order valence-corrected chi connectivity index (χ3v) is 2.82. The normalized spacial score (nSPS) is 14.6. The smallest absolute Gasteiger partial charge is 0.324 e. The fourth-order valence-electron chi connectivity index (χ4n) is 1.36. The zero-order valence-corrected chi connectivity index (χ0v) is 9.66. The number of nitrogens with two attached hydrogens (primary N) is 1. The van der Waals surface area contributed by atoms with E-state index in [0.29, 0.717) is 0 Å². The monoisotopic (exact) mass is 289 g/mol. The van der Waals surface area contributed by atoms with Crippen LogP contribution in [0.2, 0.25) is 0 Å². The summed E-state index contributed by atoms with van der Waals surface area (Å²) in [6, 6.07) is 3.44. The minimum absolute atomic E-state index is 0.155. The highest BCUT2D eigenvalue weighted by atomic mass is 32.2. The molecule has 0 amide bonds. The maximum Gasteiger partial charge on any atom is 0.446 e.